The monoisotopic (exact) mass is 481 g/mol. The van der Waals surface area contributed by atoms with Crippen molar-refractivity contribution in [2.24, 2.45) is 0 Å². The van der Waals surface area contributed by atoms with Gasteiger partial charge >= 0.3 is 5.97 Å². The van der Waals surface area contributed by atoms with E-state index in [1.54, 1.807) is 38.3 Å². The maximum atomic E-state index is 10.7. The number of carbonyl (C=O) groups is 2. The van der Waals surface area contributed by atoms with E-state index in [9.17, 15) is 14.7 Å². The number of benzene rings is 2. The van der Waals surface area contributed by atoms with Gasteiger partial charge < -0.3 is 19.4 Å². The number of carboxylic acids is 1. The van der Waals surface area contributed by atoms with Gasteiger partial charge in [0.2, 0.25) is 0 Å². The zero-order valence-corrected chi connectivity index (χ0v) is 20.6. The Morgan fingerprint density at radius 3 is 2.34 bits per heavy atom. The van der Waals surface area contributed by atoms with Crippen molar-refractivity contribution in [1.82, 2.24) is 4.90 Å². The van der Waals surface area contributed by atoms with Gasteiger partial charge in [0.1, 0.15) is 17.2 Å². The third-order valence-electron chi connectivity index (χ3n) is 5.45. The van der Waals surface area contributed by atoms with Gasteiger partial charge in [-0.2, -0.15) is 0 Å². The summed E-state index contributed by atoms with van der Waals surface area (Å²) < 4.78 is 10.8. The van der Waals surface area contributed by atoms with Gasteiger partial charge in [-0.05, 0) is 70.0 Å². The van der Waals surface area contributed by atoms with Crippen molar-refractivity contribution in [2.45, 2.75) is 51.8 Å². The number of ether oxygens (including phenoxy) is 1. The lowest BCUT2D eigenvalue weighted by Gasteiger charge is -2.30. The number of unbranched alkanes of at least 4 members (excludes halogenated alkanes) is 2. The fourth-order valence-electron chi connectivity index (χ4n) is 3.13. The lowest BCUT2D eigenvalue weighted by Crippen LogP contribution is -2.40. The summed E-state index contributed by atoms with van der Waals surface area (Å²) in [4.78, 5) is 22.9. The predicted molar refractivity (Wildman–Crippen MR) is 135 cm³/mol. The molecule has 3 aromatic rings. The molecule has 0 amide bonds. The van der Waals surface area contributed by atoms with E-state index in [1.807, 2.05) is 42.3 Å². The molecule has 0 radical (unpaired) electrons. The normalized spacial score (nSPS) is 11.0. The van der Waals surface area contributed by atoms with Gasteiger partial charge in [0, 0.05) is 18.5 Å². The molecule has 7 nitrogen and oxygen atoms in total. The quantitative estimate of drug-likeness (QED) is 0.196. The average Bonchev–Trinajstić information content (AvgIpc) is 3.37. The van der Waals surface area contributed by atoms with Crippen LogP contribution in [-0.4, -0.2) is 46.7 Å². The number of hydrogen-bond acceptors (Lipinski definition) is 6. The topological polar surface area (TPSA) is 100 Å². The number of aldehydes is 1. The van der Waals surface area contributed by atoms with Crippen LogP contribution in [-0.2, 0) is 11.3 Å². The highest BCUT2D eigenvalue weighted by molar-refractivity contribution is 5.79. The molecule has 0 saturated heterocycles. The Morgan fingerprint density at radius 1 is 1.03 bits per heavy atom. The van der Waals surface area contributed by atoms with E-state index in [4.69, 9.17) is 14.3 Å². The largest absolute Gasteiger partial charge is 0.493 e. The molecule has 1 aromatic heterocycles. The van der Waals surface area contributed by atoms with Crippen molar-refractivity contribution < 1.29 is 29.0 Å². The Morgan fingerprint density at radius 2 is 1.74 bits per heavy atom. The van der Waals surface area contributed by atoms with E-state index >= 15 is 0 Å². The molecule has 0 bridgehead atoms. The zero-order valence-electron chi connectivity index (χ0n) is 20.6. The van der Waals surface area contributed by atoms with E-state index < -0.39 is 11.7 Å². The van der Waals surface area contributed by atoms with Gasteiger partial charge in [-0.3, -0.25) is 14.5 Å². The van der Waals surface area contributed by atoms with Crippen molar-refractivity contribution in [3.8, 4) is 17.1 Å². The molecule has 2 N–H and O–H groups in total. The van der Waals surface area contributed by atoms with Crippen LogP contribution in [0.1, 0.15) is 55.5 Å². The molecule has 0 atom stereocenters. The fraction of sp³-hybridized carbons (Fsp3) is 0.357. The third kappa shape index (κ3) is 10.2. The number of aliphatic carboxylic acids is 1. The molecule has 188 valence electrons. The summed E-state index contributed by atoms with van der Waals surface area (Å²) in [6.07, 6.45) is 4.90. The summed E-state index contributed by atoms with van der Waals surface area (Å²) >= 11 is 0. The molecule has 0 aliphatic carbocycles. The van der Waals surface area contributed by atoms with Crippen LogP contribution >= 0.6 is 0 Å². The van der Waals surface area contributed by atoms with Gasteiger partial charge in [0.05, 0.1) is 18.4 Å². The summed E-state index contributed by atoms with van der Waals surface area (Å²) in [6.45, 7) is 4.78. The summed E-state index contributed by atoms with van der Waals surface area (Å²) in [5.41, 5.74) is 1.96. The van der Waals surface area contributed by atoms with Crippen LogP contribution in [0.15, 0.2) is 71.3 Å². The average molecular weight is 482 g/mol. The van der Waals surface area contributed by atoms with Crippen LogP contribution in [0, 0.1) is 0 Å². The van der Waals surface area contributed by atoms with E-state index in [-0.39, 0.29) is 6.42 Å². The van der Waals surface area contributed by atoms with Gasteiger partial charge in [0.15, 0.2) is 6.29 Å². The SMILES string of the molecule is CN(Cc1ccc(-c2ccco2)cc1)C(C)(C)O.O=Cc1ccccc1OCCCCCC(=O)O. The highest BCUT2D eigenvalue weighted by Gasteiger charge is 2.19. The van der Waals surface area contributed by atoms with Crippen LogP contribution in [0.5, 0.6) is 5.75 Å². The van der Waals surface area contributed by atoms with Crippen molar-refractivity contribution in [2.75, 3.05) is 13.7 Å². The number of furan rings is 1. The Kier molecular flexibility index (Phi) is 11.2. The van der Waals surface area contributed by atoms with Gasteiger partial charge in [-0.1, -0.05) is 36.4 Å². The third-order valence-corrected chi connectivity index (χ3v) is 5.45. The second-order valence-corrected chi connectivity index (χ2v) is 8.73. The molecule has 3 rings (SSSR count). The molecule has 0 unspecified atom stereocenters. The maximum Gasteiger partial charge on any atom is 0.303 e. The number of para-hydroxylation sites is 1. The van der Waals surface area contributed by atoms with E-state index in [2.05, 4.69) is 12.1 Å². The van der Waals surface area contributed by atoms with Crippen LogP contribution < -0.4 is 4.74 Å². The Bertz CT molecular complexity index is 1020. The standard InChI is InChI=1S/C15H19NO2.C13H16O4/c1-15(2,17)16(3)11-12-6-8-13(9-7-12)14-5-4-10-18-14;14-10-11-6-3-4-7-12(11)17-9-5-1-2-8-13(15)16/h4-10,17H,11H2,1-3H3;3-4,6-7,10H,1-2,5,8-9H2,(H,15,16). The lowest BCUT2D eigenvalue weighted by atomic mass is 10.1. The zero-order chi connectivity index (χ0) is 25.7. The van der Waals surface area contributed by atoms with E-state index in [1.165, 1.54) is 0 Å². The second-order valence-electron chi connectivity index (χ2n) is 8.73. The second kappa shape index (κ2) is 14.1. The molecule has 0 spiro atoms. The number of rotatable bonds is 12. The van der Waals surface area contributed by atoms with Crippen molar-refractivity contribution in [3.05, 3.63) is 78.1 Å². The number of carboxylic acid groups (broad SMARTS) is 1. The molecule has 0 saturated carbocycles. The molecular weight excluding hydrogens is 446 g/mol. The van der Waals surface area contributed by atoms with E-state index in [0.29, 0.717) is 30.9 Å². The molecule has 0 fully saturated rings. The molecule has 0 aliphatic heterocycles. The first kappa shape index (κ1) is 27.8. The Hall–Kier alpha value is -3.42. The van der Waals surface area contributed by atoms with Crippen LogP contribution in [0.25, 0.3) is 11.3 Å². The minimum atomic E-state index is -0.806. The van der Waals surface area contributed by atoms with E-state index in [0.717, 1.165) is 36.0 Å². The minimum absolute atomic E-state index is 0.199. The molecule has 7 heteroatoms. The van der Waals surface area contributed by atoms with Crippen molar-refractivity contribution >= 4 is 12.3 Å². The van der Waals surface area contributed by atoms with Crippen LogP contribution in [0.4, 0.5) is 0 Å². The van der Waals surface area contributed by atoms with Crippen LogP contribution in [0.2, 0.25) is 0 Å². The first-order chi connectivity index (χ1) is 16.7. The molecule has 1 heterocycles. The maximum absolute atomic E-state index is 10.7. The Labute approximate surface area is 207 Å². The van der Waals surface area contributed by atoms with Gasteiger partial charge in [0.25, 0.3) is 0 Å². The van der Waals surface area contributed by atoms with Gasteiger partial charge in [-0.15, -0.1) is 0 Å². The summed E-state index contributed by atoms with van der Waals surface area (Å²) in [7, 11) is 1.90. The number of nitrogens with zero attached hydrogens (tertiary/aromatic N) is 1. The summed E-state index contributed by atoms with van der Waals surface area (Å²) in [6, 6.07) is 19.0. The number of hydrogen-bond donors (Lipinski definition) is 2. The highest BCUT2D eigenvalue weighted by atomic mass is 16.5. The molecule has 35 heavy (non-hydrogen) atoms. The molecule has 0 aliphatic rings. The minimum Gasteiger partial charge on any atom is -0.493 e. The first-order valence-corrected chi connectivity index (χ1v) is 11.7. The molecular formula is C28H35NO6. The number of carbonyl (C=O) groups excluding carboxylic acids is 1. The summed E-state index contributed by atoms with van der Waals surface area (Å²) in [5.74, 6) is 0.690. The first-order valence-electron chi connectivity index (χ1n) is 11.7. The number of aliphatic hydroxyl groups is 1. The predicted octanol–water partition coefficient (Wildman–Crippen LogP) is 5.63. The molecule has 2 aromatic carbocycles. The highest BCUT2D eigenvalue weighted by Crippen LogP contribution is 2.21. The fourth-order valence-corrected chi connectivity index (χ4v) is 3.13. The lowest BCUT2D eigenvalue weighted by molar-refractivity contribution is -0.137. The van der Waals surface area contributed by atoms with Gasteiger partial charge in [-0.25, -0.2) is 0 Å². The van der Waals surface area contributed by atoms with Crippen molar-refractivity contribution in [1.29, 1.82) is 0 Å². The van der Waals surface area contributed by atoms with Crippen LogP contribution in [0.3, 0.4) is 0 Å². The Balaban J connectivity index is 0.000000247. The van der Waals surface area contributed by atoms with Crippen molar-refractivity contribution in [3.63, 3.8) is 0 Å². The summed E-state index contributed by atoms with van der Waals surface area (Å²) in [5, 5.41) is 18.3. The smallest absolute Gasteiger partial charge is 0.303 e.